The summed E-state index contributed by atoms with van der Waals surface area (Å²) in [6.45, 7) is 0.225. The van der Waals surface area contributed by atoms with Gasteiger partial charge < -0.3 is 9.84 Å². The Hall–Kier alpha value is -2.07. The van der Waals surface area contributed by atoms with Gasteiger partial charge in [-0.3, -0.25) is 0 Å². The lowest BCUT2D eigenvalue weighted by Gasteiger charge is -2.10. The normalized spacial score (nSPS) is 9.80. The molecule has 4 nitrogen and oxygen atoms in total. The van der Waals surface area contributed by atoms with Crippen LogP contribution < -0.4 is 4.74 Å². The fraction of sp³-hybridized carbons (Fsp3) is 0.0667. The molecule has 0 saturated heterocycles. The van der Waals surface area contributed by atoms with E-state index in [1.807, 2.05) is 12.1 Å². The average molecular weight is 379 g/mol. The predicted molar refractivity (Wildman–Crippen MR) is 81.6 cm³/mol. The first-order valence-corrected chi connectivity index (χ1v) is 6.83. The fourth-order valence-corrected chi connectivity index (χ4v) is 2.15. The summed E-state index contributed by atoms with van der Waals surface area (Å²) in [4.78, 5) is 10.9. The van der Waals surface area contributed by atoms with E-state index in [0.29, 0.717) is 11.3 Å². The van der Waals surface area contributed by atoms with Crippen LogP contribution in [0, 0.1) is 14.9 Å². The van der Waals surface area contributed by atoms with Crippen molar-refractivity contribution in [3.63, 3.8) is 0 Å². The van der Waals surface area contributed by atoms with Crippen LogP contribution >= 0.6 is 22.6 Å². The summed E-state index contributed by atoms with van der Waals surface area (Å²) in [5.41, 5.74) is 1.50. The third-order valence-corrected chi connectivity index (χ3v) is 3.59. The van der Waals surface area contributed by atoms with Crippen LogP contribution in [0.3, 0.4) is 0 Å². The van der Waals surface area contributed by atoms with Gasteiger partial charge in [-0.25, -0.2) is 4.79 Å². The number of carboxylic acid groups (broad SMARTS) is 1. The van der Waals surface area contributed by atoms with Crippen LogP contribution in [-0.4, -0.2) is 11.1 Å². The van der Waals surface area contributed by atoms with E-state index >= 15 is 0 Å². The van der Waals surface area contributed by atoms with Crippen molar-refractivity contribution >= 4 is 28.6 Å². The highest BCUT2D eigenvalue weighted by Crippen LogP contribution is 2.24. The van der Waals surface area contributed by atoms with Crippen molar-refractivity contribution in [3.8, 4) is 11.8 Å². The Kier molecular flexibility index (Phi) is 4.58. The van der Waals surface area contributed by atoms with E-state index in [2.05, 4.69) is 28.7 Å². The zero-order valence-electron chi connectivity index (χ0n) is 10.3. The van der Waals surface area contributed by atoms with Crippen molar-refractivity contribution in [1.82, 2.24) is 0 Å². The van der Waals surface area contributed by atoms with E-state index in [4.69, 9.17) is 15.1 Å². The van der Waals surface area contributed by atoms with Gasteiger partial charge in [0.15, 0.2) is 0 Å². The molecule has 0 radical (unpaired) electrons. The molecule has 2 aromatic rings. The minimum atomic E-state index is -0.997. The average Bonchev–Trinajstić information content (AvgIpc) is 2.46. The van der Waals surface area contributed by atoms with E-state index in [1.54, 1.807) is 18.2 Å². The molecule has 0 fully saturated rings. The minimum Gasteiger partial charge on any atom is -0.488 e. The third-order valence-electron chi connectivity index (χ3n) is 2.70. The van der Waals surface area contributed by atoms with Gasteiger partial charge in [0.25, 0.3) is 0 Å². The van der Waals surface area contributed by atoms with Crippen LogP contribution in [0.2, 0.25) is 0 Å². The molecule has 2 rings (SSSR count). The van der Waals surface area contributed by atoms with Gasteiger partial charge in [0.2, 0.25) is 0 Å². The molecule has 0 bridgehead atoms. The Bertz CT molecular complexity index is 692. The number of carbonyl (C=O) groups is 1. The Morgan fingerprint density at radius 1 is 1.30 bits per heavy atom. The number of nitrogens with zero attached hydrogens (tertiary/aromatic N) is 1. The van der Waals surface area contributed by atoms with Gasteiger partial charge in [-0.05, 0) is 46.9 Å². The topological polar surface area (TPSA) is 70.3 Å². The van der Waals surface area contributed by atoms with Crippen LogP contribution in [0.15, 0.2) is 42.5 Å². The molecule has 0 aromatic heterocycles. The van der Waals surface area contributed by atoms with E-state index < -0.39 is 5.97 Å². The third kappa shape index (κ3) is 3.27. The zero-order chi connectivity index (χ0) is 14.5. The number of rotatable bonds is 4. The molecular weight excluding hydrogens is 369 g/mol. The summed E-state index contributed by atoms with van der Waals surface area (Å²) in [6.07, 6.45) is 0. The Morgan fingerprint density at radius 2 is 2.05 bits per heavy atom. The maximum atomic E-state index is 10.9. The zero-order valence-corrected chi connectivity index (χ0v) is 12.5. The Balaban J connectivity index is 2.21. The monoisotopic (exact) mass is 379 g/mol. The van der Waals surface area contributed by atoms with Crippen molar-refractivity contribution in [2.45, 2.75) is 6.61 Å². The predicted octanol–water partition coefficient (Wildman–Crippen LogP) is 3.44. The Labute approximate surface area is 129 Å². The van der Waals surface area contributed by atoms with Crippen molar-refractivity contribution < 1.29 is 14.6 Å². The van der Waals surface area contributed by atoms with Crippen molar-refractivity contribution in [1.29, 1.82) is 5.26 Å². The quantitative estimate of drug-likeness (QED) is 0.827. The molecule has 100 valence electrons. The first kappa shape index (κ1) is 14.3. The lowest BCUT2D eigenvalue weighted by Crippen LogP contribution is -2.02. The first-order chi connectivity index (χ1) is 9.61. The van der Waals surface area contributed by atoms with Gasteiger partial charge in [0.05, 0.1) is 20.8 Å². The summed E-state index contributed by atoms with van der Waals surface area (Å²) >= 11 is 2.08. The fourth-order valence-electron chi connectivity index (χ4n) is 1.66. The summed E-state index contributed by atoms with van der Waals surface area (Å²) in [5.74, 6) is -0.498. The second-order valence-electron chi connectivity index (χ2n) is 4.01. The molecule has 0 atom stereocenters. The number of nitriles is 1. The number of hydrogen-bond acceptors (Lipinski definition) is 3. The maximum Gasteiger partial charge on any atom is 0.335 e. The van der Waals surface area contributed by atoms with Crippen LogP contribution in [0.25, 0.3) is 0 Å². The smallest absolute Gasteiger partial charge is 0.335 e. The lowest BCUT2D eigenvalue weighted by molar-refractivity contribution is 0.0696. The molecule has 20 heavy (non-hydrogen) atoms. The summed E-state index contributed by atoms with van der Waals surface area (Å²) in [5, 5.41) is 18.0. The number of halogens is 1. The van der Waals surface area contributed by atoms with Gasteiger partial charge in [-0.15, -0.1) is 0 Å². The molecule has 0 aliphatic rings. The number of aromatic carboxylic acids is 1. The number of benzene rings is 2. The van der Waals surface area contributed by atoms with Crippen molar-refractivity contribution in [2.24, 2.45) is 0 Å². The van der Waals surface area contributed by atoms with Gasteiger partial charge >= 0.3 is 5.97 Å². The molecule has 0 aliphatic carbocycles. The number of carboxylic acids is 1. The molecule has 0 heterocycles. The number of hydrogen-bond donors (Lipinski definition) is 1. The highest BCUT2D eigenvalue weighted by atomic mass is 127. The standard InChI is InChI=1S/C15H10INO3/c16-13-6-5-10(15(18)19)7-14(13)20-9-12-4-2-1-3-11(12)8-17/h1-7H,9H2,(H,18,19). The molecule has 0 amide bonds. The SMILES string of the molecule is N#Cc1ccccc1COc1cc(C(=O)O)ccc1I. The van der Waals surface area contributed by atoms with Gasteiger partial charge in [-0.2, -0.15) is 5.26 Å². The van der Waals surface area contributed by atoms with Gasteiger partial charge in [-0.1, -0.05) is 18.2 Å². The van der Waals surface area contributed by atoms with E-state index in [1.165, 1.54) is 12.1 Å². The molecular formula is C15H10INO3. The molecule has 0 unspecified atom stereocenters. The lowest BCUT2D eigenvalue weighted by atomic mass is 10.1. The maximum absolute atomic E-state index is 10.9. The number of ether oxygens (including phenoxy) is 1. The molecule has 5 heteroatoms. The molecule has 0 aliphatic heterocycles. The highest BCUT2D eigenvalue weighted by molar-refractivity contribution is 14.1. The van der Waals surface area contributed by atoms with E-state index in [0.717, 1.165) is 9.13 Å². The van der Waals surface area contributed by atoms with Crippen molar-refractivity contribution in [3.05, 3.63) is 62.7 Å². The molecule has 2 aromatic carbocycles. The van der Waals surface area contributed by atoms with Crippen LogP contribution in [0.4, 0.5) is 0 Å². The van der Waals surface area contributed by atoms with Crippen LogP contribution in [0.1, 0.15) is 21.5 Å². The van der Waals surface area contributed by atoms with Crippen LogP contribution in [-0.2, 0) is 6.61 Å². The second kappa shape index (κ2) is 6.39. The van der Waals surface area contributed by atoms with Crippen molar-refractivity contribution in [2.75, 3.05) is 0 Å². The highest BCUT2D eigenvalue weighted by Gasteiger charge is 2.09. The van der Waals surface area contributed by atoms with Gasteiger partial charge in [0, 0.05) is 5.56 Å². The largest absolute Gasteiger partial charge is 0.488 e. The Morgan fingerprint density at radius 3 is 2.75 bits per heavy atom. The summed E-state index contributed by atoms with van der Waals surface area (Å²) < 4.78 is 6.46. The molecule has 0 saturated carbocycles. The molecule has 1 N–H and O–H groups in total. The second-order valence-corrected chi connectivity index (χ2v) is 5.17. The minimum absolute atomic E-state index is 0.175. The first-order valence-electron chi connectivity index (χ1n) is 5.75. The van der Waals surface area contributed by atoms with Crippen LogP contribution in [0.5, 0.6) is 5.75 Å². The van der Waals surface area contributed by atoms with E-state index in [-0.39, 0.29) is 12.2 Å². The summed E-state index contributed by atoms with van der Waals surface area (Å²) in [6, 6.07) is 14.0. The van der Waals surface area contributed by atoms with Gasteiger partial charge in [0.1, 0.15) is 12.4 Å². The van der Waals surface area contributed by atoms with E-state index in [9.17, 15) is 4.79 Å². The molecule has 0 spiro atoms. The summed E-state index contributed by atoms with van der Waals surface area (Å²) in [7, 11) is 0.